The fourth-order valence-corrected chi connectivity index (χ4v) is 1.37. The minimum absolute atomic E-state index is 0.199. The Hall–Kier alpha value is -1.00. The molecule has 1 aromatic rings. The second-order valence-corrected chi connectivity index (χ2v) is 4.47. The van der Waals surface area contributed by atoms with Gasteiger partial charge in [-0.1, -0.05) is 13.8 Å². The maximum absolute atomic E-state index is 13.0. The van der Waals surface area contributed by atoms with Gasteiger partial charge in [0.2, 0.25) is 0 Å². The molecule has 1 aromatic carbocycles. The smallest absolute Gasteiger partial charge is 0.126 e. The number of aliphatic hydroxyl groups is 1. The van der Waals surface area contributed by atoms with E-state index < -0.39 is 17.2 Å². The molecule has 1 atom stereocenters. The summed E-state index contributed by atoms with van der Waals surface area (Å²) in [6.07, 6.45) is 0. The van der Waals surface area contributed by atoms with Gasteiger partial charge in [0, 0.05) is 18.7 Å². The molecular weight excluding hydrogens is 212 g/mol. The van der Waals surface area contributed by atoms with E-state index in [1.54, 1.807) is 0 Å². The molecule has 0 saturated heterocycles. The molecule has 0 heterocycles. The molecule has 0 bridgehead atoms. The highest BCUT2D eigenvalue weighted by Gasteiger charge is 2.24. The van der Waals surface area contributed by atoms with Crippen molar-refractivity contribution >= 4 is 0 Å². The number of hydrogen-bond acceptors (Lipinski definition) is 2. The molecule has 0 aromatic heterocycles. The summed E-state index contributed by atoms with van der Waals surface area (Å²) < 4.78 is 26.0. The number of halogens is 2. The topological polar surface area (TPSA) is 32.3 Å². The molecule has 2 N–H and O–H groups in total. The summed E-state index contributed by atoms with van der Waals surface area (Å²) in [4.78, 5) is 0. The summed E-state index contributed by atoms with van der Waals surface area (Å²) in [5, 5.41) is 13.1. The van der Waals surface area contributed by atoms with Gasteiger partial charge in [0.05, 0.1) is 5.60 Å². The van der Waals surface area contributed by atoms with Crippen molar-refractivity contribution in [2.45, 2.75) is 32.4 Å². The van der Waals surface area contributed by atoms with Crippen LogP contribution in [0.1, 0.15) is 26.3 Å². The van der Waals surface area contributed by atoms with Crippen LogP contribution in [0.5, 0.6) is 0 Å². The van der Waals surface area contributed by atoms with Crippen molar-refractivity contribution in [1.29, 1.82) is 0 Å². The van der Waals surface area contributed by atoms with Gasteiger partial charge in [-0.25, -0.2) is 8.78 Å². The normalized spacial score (nSPS) is 15.2. The lowest BCUT2D eigenvalue weighted by Crippen LogP contribution is -2.38. The quantitative estimate of drug-likeness (QED) is 0.829. The molecule has 0 amide bonds. The molecule has 0 aliphatic rings. The summed E-state index contributed by atoms with van der Waals surface area (Å²) in [7, 11) is 0. The van der Waals surface area contributed by atoms with Crippen molar-refractivity contribution < 1.29 is 13.9 Å². The van der Waals surface area contributed by atoms with Gasteiger partial charge in [-0.05, 0) is 24.6 Å². The molecule has 0 spiro atoms. The van der Waals surface area contributed by atoms with Crippen LogP contribution >= 0.6 is 0 Å². The molecule has 0 radical (unpaired) electrons. The van der Waals surface area contributed by atoms with Crippen LogP contribution in [0, 0.1) is 11.6 Å². The summed E-state index contributed by atoms with van der Waals surface area (Å²) in [6.45, 7) is 5.63. The Balaban J connectivity index is 2.88. The number of benzene rings is 1. The van der Waals surface area contributed by atoms with Crippen LogP contribution in [-0.2, 0) is 5.60 Å². The Morgan fingerprint density at radius 1 is 1.25 bits per heavy atom. The summed E-state index contributed by atoms with van der Waals surface area (Å²) in [6, 6.07) is 3.27. The Morgan fingerprint density at radius 2 is 1.75 bits per heavy atom. The van der Waals surface area contributed by atoms with Gasteiger partial charge in [0.25, 0.3) is 0 Å². The average Bonchev–Trinajstić information content (AvgIpc) is 2.13. The van der Waals surface area contributed by atoms with E-state index in [1.165, 1.54) is 6.92 Å². The van der Waals surface area contributed by atoms with E-state index in [9.17, 15) is 13.9 Å². The monoisotopic (exact) mass is 229 g/mol. The maximum Gasteiger partial charge on any atom is 0.126 e. The molecule has 16 heavy (non-hydrogen) atoms. The molecule has 0 saturated carbocycles. The summed E-state index contributed by atoms with van der Waals surface area (Å²) in [5.41, 5.74) is -1.05. The molecule has 2 nitrogen and oxygen atoms in total. The zero-order valence-corrected chi connectivity index (χ0v) is 9.72. The molecule has 0 aliphatic heterocycles. The van der Waals surface area contributed by atoms with E-state index in [1.807, 2.05) is 13.8 Å². The molecule has 0 fully saturated rings. The second kappa shape index (κ2) is 4.89. The van der Waals surface area contributed by atoms with Crippen molar-refractivity contribution in [1.82, 2.24) is 5.32 Å². The van der Waals surface area contributed by atoms with Gasteiger partial charge in [-0.3, -0.25) is 0 Å². The highest BCUT2D eigenvalue weighted by molar-refractivity contribution is 5.24. The largest absolute Gasteiger partial charge is 0.384 e. The molecule has 0 aliphatic carbocycles. The van der Waals surface area contributed by atoms with E-state index in [-0.39, 0.29) is 18.2 Å². The van der Waals surface area contributed by atoms with E-state index in [4.69, 9.17) is 0 Å². The first-order valence-corrected chi connectivity index (χ1v) is 5.23. The van der Waals surface area contributed by atoms with Crippen LogP contribution < -0.4 is 5.32 Å². The maximum atomic E-state index is 13.0. The second-order valence-electron chi connectivity index (χ2n) is 4.47. The zero-order valence-electron chi connectivity index (χ0n) is 9.72. The van der Waals surface area contributed by atoms with Gasteiger partial charge < -0.3 is 10.4 Å². The average molecular weight is 229 g/mol. The molecule has 1 unspecified atom stereocenters. The summed E-state index contributed by atoms with van der Waals surface area (Å²) >= 11 is 0. The van der Waals surface area contributed by atoms with E-state index in [0.717, 1.165) is 18.2 Å². The highest BCUT2D eigenvalue weighted by Crippen LogP contribution is 2.21. The van der Waals surface area contributed by atoms with Gasteiger partial charge in [0.15, 0.2) is 0 Å². The summed E-state index contributed by atoms with van der Waals surface area (Å²) in [5.74, 6) is -1.36. The lowest BCUT2D eigenvalue weighted by atomic mass is 9.95. The van der Waals surface area contributed by atoms with Gasteiger partial charge in [0.1, 0.15) is 11.6 Å². The molecule has 90 valence electrons. The third kappa shape index (κ3) is 3.54. The van der Waals surface area contributed by atoms with Crippen LogP contribution in [0.3, 0.4) is 0 Å². The van der Waals surface area contributed by atoms with Crippen molar-refractivity contribution in [3.8, 4) is 0 Å². The number of nitrogens with one attached hydrogen (secondary N) is 1. The molecular formula is C12H17F2NO. The first kappa shape index (κ1) is 13.1. The Kier molecular flexibility index (Phi) is 3.99. The first-order valence-electron chi connectivity index (χ1n) is 5.23. The van der Waals surface area contributed by atoms with E-state index in [2.05, 4.69) is 5.32 Å². The fourth-order valence-electron chi connectivity index (χ4n) is 1.37. The van der Waals surface area contributed by atoms with Gasteiger partial charge in [-0.15, -0.1) is 0 Å². The van der Waals surface area contributed by atoms with Crippen molar-refractivity contribution in [2.75, 3.05) is 6.54 Å². The lowest BCUT2D eigenvalue weighted by molar-refractivity contribution is 0.0543. The standard InChI is InChI=1S/C12H17F2NO/c1-8(2)15-7-12(3,16)9-4-10(13)6-11(14)5-9/h4-6,8,15-16H,7H2,1-3H3. The van der Waals surface area contributed by atoms with Crippen LogP contribution in [0.25, 0.3) is 0 Å². The molecule has 1 rings (SSSR count). The van der Waals surface area contributed by atoms with Crippen molar-refractivity contribution in [2.24, 2.45) is 0 Å². The SMILES string of the molecule is CC(C)NCC(C)(O)c1cc(F)cc(F)c1. The third-order valence-corrected chi connectivity index (χ3v) is 2.34. The minimum Gasteiger partial charge on any atom is -0.384 e. The van der Waals surface area contributed by atoms with Crippen molar-refractivity contribution in [3.63, 3.8) is 0 Å². The van der Waals surface area contributed by atoms with Crippen LogP contribution in [-0.4, -0.2) is 17.7 Å². The first-order chi connectivity index (χ1) is 7.31. The van der Waals surface area contributed by atoms with Crippen LogP contribution in [0.4, 0.5) is 8.78 Å². The number of rotatable bonds is 4. The predicted molar refractivity (Wildman–Crippen MR) is 59.1 cm³/mol. The number of hydrogen-bond donors (Lipinski definition) is 2. The van der Waals surface area contributed by atoms with E-state index >= 15 is 0 Å². The lowest BCUT2D eigenvalue weighted by Gasteiger charge is -2.25. The van der Waals surface area contributed by atoms with Crippen LogP contribution in [0.15, 0.2) is 18.2 Å². The molecule has 4 heteroatoms. The highest BCUT2D eigenvalue weighted by atomic mass is 19.1. The van der Waals surface area contributed by atoms with Gasteiger partial charge in [-0.2, -0.15) is 0 Å². The fraction of sp³-hybridized carbons (Fsp3) is 0.500. The van der Waals surface area contributed by atoms with Gasteiger partial charge >= 0.3 is 0 Å². The zero-order chi connectivity index (χ0) is 12.3. The minimum atomic E-state index is -1.28. The van der Waals surface area contributed by atoms with Crippen molar-refractivity contribution in [3.05, 3.63) is 35.4 Å². The Labute approximate surface area is 94.3 Å². The van der Waals surface area contributed by atoms with E-state index in [0.29, 0.717) is 0 Å². The third-order valence-electron chi connectivity index (χ3n) is 2.34. The Morgan fingerprint density at radius 3 is 2.19 bits per heavy atom. The predicted octanol–water partition coefficient (Wildman–Crippen LogP) is 2.17. The Bertz CT molecular complexity index is 344. The van der Waals surface area contributed by atoms with Crippen LogP contribution in [0.2, 0.25) is 0 Å².